The van der Waals surface area contributed by atoms with Crippen molar-refractivity contribution in [2.24, 2.45) is 0 Å². The molecule has 0 saturated carbocycles. The van der Waals surface area contributed by atoms with Crippen LogP contribution in [0.3, 0.4) is 0 Å². The standard InChI is InChI=1S/C8H14N/c1-2-5-8-6-3-4-7-9-8/h3,5,9H,2,4,6-7H2,1H3. The van der Waals surface area contributed by atoms with Gasteiger partial charge in [0.1, 0.15) is 0 Å². The van der Waals surface area contributed by atoms with Gasteiger partial charge in [-0.05, 0) is 25.7 Å². The molecule has 1 heterocycles. The second kappa shape index (κ2) is 3.54. The van der Waals surface area contributed by atoms with Crippen molar-refractivity contribution in [1.82, 2.24) is 5.32 Å². The average molecular weight is 124 g/mol. The predicted octanol–water partition coefficient (Wildman–Crippen LogP) is 1.87. The Bertz CT molecular complexity index is 97.1. The molecule has 51 valence electrons. The second-order valence-electron chi connectivity index (χ2n) is 2.35. The van der Waals surface area contributed by atoms with Gasteiger partial charge in [-0.15, -0.1) is 0 Å². The van der Waals surface area contributed by atoms with Crippen LogP contribution in [0, 0.1) is 6.42 Å². The number of hydrogen-bond donors (Lipinski definition) is 1. The first-order valence-electron chi connectivity index (χ1n) is 3.68. The van der Waals surface area contributed by atoms with Crippen molar-refractivity contribution in [3.8, 4) is 0 Å². The van der Waals surface area contributed by atoms with Crippen molar-refractivity contribution < 1.29 is 0 Å². The fourth-order valence-corrected chi connectivity index (χ4v) is 1.07. The summed E-state index contributed by atoms with van der Waals surface area (Å²) in [5.74, 6) is 0. The first-order valence-corrected chi connectivity index (χ1v) is 3.68. The van der Waals surface area contributed by atoms with Gasteiger partial charge in [0, 0.05) is 12.2 Å². The lowest BCUT2D eigenvalue weighted by Crippen LogP contribution is -2.19. The van der Waals surface area contributed by atoms with Crippen LogP contribution in [0.4, 0.5) is 0 Å². The molecule has 1 rings (SSSR count). The third-order valence-corrected chi connectivity index (χ3v) is 1.52. The van der Waals surface area contributed by atoms with Crippen LogP contribution < -0.4 is 5.32 Å². The fourth-order valence-electron chi connectivity index (χ4n) is 1.07. The molecule has 1 aliphatic heterocycles. The normalized spacial score (nSPS) is 23.9. The summed E-state index contributed by atoms with van der Waals surface area (Å²) in [5.41, 5.74) is 1.41. The highest BCUT2D eigenvalue weighted by Gasteiger charge is 2.01. The lowest BCUT2D eigenvalue weighted by atomic mass is 10.1. The quantitative estimate of drug-likeness (QED) is 0.562. The fraction of sp³-hybridized carbons (Fsp3) is 0.625. The van der Waals surface area contributed by atoms with Gasteiger partial charge in [-0.25, -0.2) is 0 Å². The van der Waals surface area contributed by atoms with E-state index in [0.29, 0.717) is 0 Å². The molecule has 1 aliphatic rings. The summed E-state index contributed by atoms with van der Waals surface area (Å²) < 4.78 is 0. The molecular formula is C8H14N. The van der Waals surface area contributed by atoms with Gasteiger partial charge in [0.05, 0.1) is 0 Å². The van der Waals surface area contributed by atoms with E-state index in [1.165, 1.54) is 12.1 Å². The summed E-state index contributed by atoms with van der Waals surface area (Å²) in [6.07, 6.45) is 8.11. The maximum absolute atomic E-state index is 3.35. The number of rotatable bonds is 1. The molecule has 1 radical (unpaired) electrons. The third-order valence-electron chi connectivity index (χ3n) is 1.52. The monoisotopic (exact) mass is 124 g/mol. The van der Waals surface area contributed by atoms with Crippen LogP contribution in [0.25, 0.3) is 0 Å². The summed E-state index contributed by atoms with van der Waals surface area (Å²) in [7, 11) is 0. The molecule has 9 heavy (non-hydrogen) atoms. The first kappa shape index (κ1) is 6.66. The SMILES string of the molecule is CCC=C1C[CH]CCN1. The second-order valence-corrected chi connectivity index (χ2v) is 2.35. The van der Waals surface area contributed by atoms with E-state index in [1.54, 1.807) is 0 Å². The van der Waals surface area contributed by atoms with Crippen molar-refractivity contribution in [3.05, 3.63) is 18.2 Å². The van der Waals surface area contributed by atoms with Gasteiger partial charge >= 0.3 is 0 Å². The van der Waals surface area contributed by atoms with E-state index in [-0.39, 0.29) is 0 Å². The summed E-state index contributed by atoms with van der Waals surface area (Å²) in [5, 5.41) is 3.35. The van der Waals surface area contributed by atoms with Crippen LogP contribution in [0.1, 0.15) is 26.2 Å². The Morgan fingerprint density at radius 1 is 1.78 bits per heavy atom. The Balaban J connectivity index is 2.30. The van der Waals surface area contributed by atoms with Crippen LogP contribution in [-0.2, 0) is 0 Å². The molecule has 0 unspecified atom stereocenters. The molecular weight excluding hydrogens is 110 g/mol. The zero-order valence-electron chi connectivity index (χ0n) is 5.98. The molecule has 1 nitrogen and oxygen atoms in total. The maximum Gasteiger partial charge on any atom is 0.0146 e. The van der Waals surface area contributed by atoms with Crippen molar-refractivity contribution >= 4 is 0 Å². The lowest BCUT2D eigenvalue weighted by Gasteiger charge is -2.15. The van der Waals surface area contributed by atoms with Gasteiger partial charge < -0.3 is 5.32 Å². The summed E-state index contributed by atoms with van der Waals surface area (Å²) in [4.78, 5) is 0. The summed E-state index contributed by atoms with van der Waals surface area (Å²) in [6.45, 7) is 3.30. The first-order chi connectivity index (χ1) is 4.43. The van der Waals surface area contributed by atoms with Gasteiger partial charge in [-0.1, -0.05) is 13.0 Å². The molecule has 1 saturated heterocycles. The predicted molar refractivity (Wildman–Crippen MR) is 39.9 cm³/mol. The molecule has 1 heteroatoms. The number of hydrogen-bond acceptors (Lipinski definition) is 1. The zero-order chi connectivity index (χ0) is 6.53. The minimum Gasteiger partial charge on any atom is -0.389 e. The van der Waals surface area contributed by atoms with E-state index >= 15 is 0 Å². The molecule has 1 N–H and O–H groups in total. The van der Waals surface area contributed by atoms with Crippen LogP contribution in [-0.4, -0.2) is 6.54 Å². The van der Waals surface area contributed by atoms with Crippen molar-refractivity contribution in [1.29, 1.82) is 0 Å². The van der Waals surface area contributed by atoms with Crippen LogP contribution in [0.2, 0.25) is 0 Å². The smallest absolute Gasteiger partial charge is 0.0146 e. The Morgan fingerprint density at radius 3 is 3.22 bits per heavy atom. The van der Waals surface area contributed by atoms with E-state index < -0.39 is 0 Å². The Morgan fingerprint density at radius 2 is 2.67 bits per heavy atom. The van der Waals surface area contributed by atoms with E-state index in [2.05, 4.69) is 24.7 Å². The van der Waals surface area contributed by atoms with Crippen LogP contribution >= 0.6 is 0 Å². The molecule has 0 aromatic carbocycles. The molecule has 0 atom stereocenters. The maximum atomic E-state index is 3.35. The average Bonchev–Trinajstić information content (AvgIpc) is 1.91. The molecule has 0 aromatic rings. The van der Waals surface area contributed by atoms with Crippen LogP contribution in [0.15, 0.2) is 11.8 Å². The van der Waals surface area contributed by atoms with E-state index in [0.717, 1.165) is 19.4 Å². The molecule has 0 spiro atoms. The van der Waals surface area contributed by atoms with Crippen molar-refractivity contribution in [2.45, 2.75) is 26.2 Å². The van der Waals surface area contributed by atoms with Gasteiger partial charge in [0.25, 0.3) is 0 Å². The van der Waals surface area contributed by atoms with Crippen LogP contribution in [0.5, 0.6) is 0 Å². The zero-order valence-corrected chi connectivity index (χ0v) is 5.98. The van der Waals surface area contributed by atoms with Crippen molar-refractivity contribution in [3.63, 3.8) is 0 Å². The molecule has 0 amide bonds. The molecule has 1 fully saturated rings. The van der Waals surface area contributed by atoms with E-state index in [4.69, 9.17) is 0 Å². The van der Waals surface area contributed by atoms with Crippen molar-refractivity contribution in [2.75, 3.05) is 6.54 Å². The Hall–Kier alpha value is -0.460. The number of nitrogens with one attached hydrogen (secondary N) is 1. The van der Waals surface area contributed by atoms with E-state index in [9.17, 15) is 0 Å². The van der Waals surface area contributed by atoms with Gasteiger partial charge in [-0.2, -0.15) is 0 Å². The molecule has 0 bridgehead atoms. The number of piperidine rings is 1. The Labute approximate surface area is 57.1 Å². The topological polar surface area (TPSA) is 12.0 Å². The molecule has 0 aliphatic carbocycles. The highest BCUT2D eigenvalue weighted by atomic mass is 14.9. The highest BCUT2D eigenvalue weighted by Crippen LogP contribution is 2.08. The van der Waals surface area contributed by atoms with E-state index in [1.807, 2.05) is 0 Å². The third kappa shape index (κ3) is 2.08. The Kier molecular flexibility index (Phi) is 2.62. The molecule has 0 aromatic heterocycles. The number of allylic oxidation sites excluding steroid dienone is 2. The minimum atomic E-state index is 1.13. The summed E-state index contributed by atoms with van der Waals surface area (Å²) in [6, 6.07) is 0. The lowest BCUT2D eigenvalue weighted by molar-refractivity contribution is 0.679. The van der Waals surface area contributed by atoms with Gasteiger partial charge in [-0.3, -0.25) is 0 Å². The van der Waals surface area contributed by atoms with Gasteiger partial charge in [0.2, 0.25) is 0 Å². The minimum absolute atomic E-state index is 1.13. The largest absolute Gasteiger partial charge is 0.389 e. The summed E-state index contributed by atoms with van der Waals surface area (Å²) >= 11 is 0. The highest BCUT2D eigenvalue weighted by molar-refractivity contribution is 5.05. The van der Waals surface area contributed by atoms with Gasteiger partial charge in [0.15, 0.2) is 0 Å².